The van der Waals surface area contributed by atoms with E-state index in [1.807, 2.05) is 31.2 Å². The van der Waals surface area contributed by atoms with Crippen LogP contribution in [0.3, 0.4) is 0 Å². The summed E-state index contributed by atoms with van der Waals surface area (Å²) in [4.78, 5) is 0. The van der Waals surface area contributed by atoms with Crippen LogP contribution in [0.4, 0.5) is 0 Å². The first-order chi connectivity index (χ1) is 8.63. The quantitative estimate of drug-likeness (QED) is 0.377. The molecule has 0 aromatic heterocycles. The highest BCUT2D eigenvalue weighted by Gasteiger charge is 1.99. The van der Waals surface area contributed by atoms with E-state index in [4.69, 9.17) is 23.8 Å². The summed E-state index contributed by atoms with van der Waals surface area (Å²) in [5.41, 5.74) is 4.65. The average molecular weight is 284 g/mol. The maximum atomic E-state index is 5.92. The van der Waals surface area contributed by atoms with Gasteiger partial charge in [-0.15, -0.1) is 0 Å². The second-order valence-corrected chi connectivity index (χ2v) is 4.77. The molecule has 98 valence electrons. The SMILES string of the molecule is CCCCNC(=S)N/N=C(\C)c1cccc(Cl)c1. The minimum Gasteiger partial charge on any atom is -0.361 e. The highest BCUT2D eigenvalue weighted by molar-refractivity contribution is 7.80. The molecular formula is C13H18ClN3S. The van der Waals surface area contributed by atoms with Gasteiger partial charge in [0.15, 0.2) is 5.11 Å². The van der Waals surface area contributed by atoms with Gasteiger partial charge in [-0.1, -0.05) is 37.1 Å². The van der Waals surface area contributed by atoms with Crippen LogP contribution in [0.2, 0.25) is 5.02 Å². The monoisotopic (exact) mass is 283 g/mol. The van der Waals surface area contributed by atoms with Gasteiger partial charge in [-0.2, -0.15) is 5.10 Å². The van der Waals surface area contributed by atoms with Crippen LogP contribution in [-0.4, -0.2) is 17.4 Å². The van der Waals surface area contributed by atoms with Crippen LogP contribution < -0.4 is 10.7 Å². The van der Waals surface area contributed by atoms with Gasteiger partial charge < -0.3 is 5.32 Å². The number of hydrogen-bond donors (Lipinski definition) is 2. The number of hydrogen-bond acceptors (Lipinski definition) is 2. The number of nitrogens with one attached hydrogen (secondary N) is 2. The fraction of sp³-hybridized carbons (Fsp3) is 0.385. The molecule has 0 aliphatic heterocycles. The van der Waals surface area contributed by atoms with Gasteiger partial charge in [0.2, 0.25) is 0 Å². The predicted octanol–water partition coefficient (Wildman–Crippen LogP) is 3.33. The van der Waals surface area contributed by atoms with Crippen molar-refractivity contribution < 1.29 is 0 Å². The molecule has 0 atom stereocenters. The number of thiocarbonyl (C=S) groups is 1. The van der Waals surface area contributed by atoms with Crippen LogP contribution in [0.15, 0.2) is 29.4 Å². The van der Waals surface area contributed by atoms with Crippen molar-refractivity contribution in [1.29, 1.82) is 0 Å². The molecule has 0 radical (unpaired) electrons. The Bertz CT molecular complexity index is 432. The highest BCUT2D eigenvalue weighted by atomic mass is 35.5. The van der Waals surface area contributed by atoms with Crippen LogP contribution in [0.25, 0.3) is 0 Å². The van der Waals surface area contributed by atoms with Crippen molar-refractivity contribution in [2.75, 3.05) is 6.54 Å². The molecular weight excluding hydrogens is 266 g/mol. The number of unbranched alkanes of at least 4 members (excludes halogenated alkanes) is 1. The van der Waals surface area contributed by atoms with Crippen LogP contribution >= 0.6 is 23.8 Å². The Morgan fingerprint density at radius 1 is 1.44 bits per heavy atom. The zero-order chi connectivity index (χ0) is 13.4. The smallest absolute Gasteiger partial charge is 0.186 e. The number of benzene rings is 1. The van der Waals surface area contributed by atoms with E-state index >= 15 is 0 Å². The molecule has 0 fully saturated rings. The third-order valence-electron chi connectivity index (χ3n) is 2.38. The lowest BCUT2D eigenvalue weighted by molar-refractivity contribution is 0.745. The van der Waals surface area contributed by atoms with Gasteiger partial charge in [-0.3, -0.25) is 5.43 Å². The van der Waals surface area contributed by atoms with E-state index in [-0.39, 0.29) is 0 Å². The first kappa shape index (κ1) is 14.9. The summed E-state index contributed by atoms with van der Waals surface area (Å²) in [5, 5.41) is 8.55. The Hall–Kier alpha value is -1.13. The molecule has 0 bridgehead atoms. The van der Waals surface area contributed by atoms with Crippen molar-refractivity contribution >= 4 is 34.6 Å². The summed E-state index contributed by atoms with van der Waals surface area (Å²) >= 11 is 11.0. The summed E-state index contributed by atoms with van der Waals surface area (Å²) in [6.07, 6.45) is 2.24. The molecule has 0 amide bonds. The Morgan fingerprint density at radius 2 is 2.22 bits per heavy atom. The maximum Gasteiger partial charge on any atom is 0.186 e. The molecule has 2 N–H and O–H groups in total. The second kappa shape index (κ2) is 8.06. The minimum atomic E-state index is 0.546. The zero-order valence-corrected chi connectivity index (χ0v) is 12.2. The van der Waals surface area contributed by atoms with E-state index in [2.05, 4.69) is 22.8 Å². The number of rotatable bonds is 5. The van der Waals surface area contributed by atoms with Crippen LogP contribution in [-0.2, 0) is 0 Å². The first-order valence-electron chi connectivity index (χ1n) is 5.97. The van der Waals surface area contributed by atoms with Gasteiger partial charge in [0.1, 0.15) is 0 Å². The second-order valence-electron chi connectivity index (χ2n) is 3.93. The first-order valence-corrected chi connectivity index (χ1v) is 6.76. The molecule has 0 saturated heterocycles. The molecule has 0 saturated carbocycles. The topological polar surface area (TPSA) is 36.4 Å². The normalized spacial score (nSPS) is 11.2. The minimum absolute atomic E-state index is 0.546. The van der Waals surface area contributed by atoms with E-state index in [1.54, 1.807) is 0 Å². The summed E-state index contributed by atoms with van der Waals surface area (Å²) in [6, 6.07) is 7.56. The highest BCUT2D eigenvalue weighted by Crippen LogP contribution is 2.11. The largest absolute Gasteiger partial charge is 0.361 e. The Kier molecular flexibility index (Phi) is 6.68. The molecule has 0 aliphatic carbocycles. The molecule has 0 heterocycles. The van der Waals surface area contributed by atoms with E-state index in [0.29, 0.717) is 10.1 Å². The molecule has 1 aromatic carbocycles. The van der Waals surface area contributed by atoms with E-state index < -0.39 is 0 Å². The molecule has 0 spiro atoms. The maximum absolute atomic E-state index is 5.92. The summed E-state index contributed by atoms with van der Waals surface area (Å²) in [5.74, 6) is 0. The van der Waals surface area contributed by atoms with Crippen LogP contribution in [0.1, 0.15) is 32.3 Å². The van der Waals surface area contributed by atoms with Crippen molar-refractivity contribution in [3.63, 3.8) is 0 Å². The van der Waals surface area contributed by atoms with Gasteiger partial charge in [-0.25, -0.2) is 0 Å². The van der Waals surface area contributed by atoms with Gasteiger partial charge in [0.05, 0.1) is 5.71 Å². The Labute approximate surface area is 119 Å². The fourth-order valence-corrected chi connectivity index (χ4v) is 1.67. The average Bonchev–Trinajstić information content (AvgIpc) is 2.36. The molecule has 18 heavy (non-hydrogen) atoms. The fourth-order valence-electron chi connectivity index (χ4n) is 1.33. The lowest BCUT2D eigenvalue weighted by atomic mass is 10.1. The third kappa shape index (κ3) is 5.47. The molecule has 5 heteroatoms. The zero-order valence-electron chi connectivity index (χ0n) is 10.7. The number of halogens is 1. The molecule has 1 aromatic rings. The van der Waals surface area contributed by atoms with Crippen molar-refractivity contribution in [3.05, 3.63) is 34.9 Å². The van der Waals surface area contributed by atoms with E-state index in [9.17, 15) is 0 Å². The van der Waals surface area contributed by atoms with Crippen LogP contribution in [0.5, 0.6) is 0 Å². The number of hydrazone groups is 1. The van der Waals surface area contributed by atoms with Crippen molar-refractivity contribution in [2.45, 2.75) is 26.7 Å². The standard InChI is InChI=1S/C13H18ClN3S/c1-3-4-8-15-13(18)17-16-10(2)11-6-5-7-12(14)9-11/h5-7,9H,3-4,8H2,1-2H3,(H2,15,17,18)/b16-10+. The van der Waals surface area contributed by atoms with Gasteiger partial charge >= 0.3 is 0 Å². The molecule has 3 nitrogen and oxygen atoms in total. The van der Waals surface area contributed by atoms with E-state index in [0.717, 1.165) is 30.7 Å². The van der Waals surface area contributed by atoms with Gasteiger partial charge in [0, 0.05) is 11.6 Å². The Balaban J connectivity index is 2.49. The van der Waals surface area contributed by atoms with Crippen LogP contribution in [0, 0.1) is 0 Å². The lowest BCUT2D eigenvalue weighted by Crippen LogP contribution is -2.33. The lowest BCUT2D eigenvalue weighted by Gasteiger charge is -2.07. The summed E-state index contributed by atoms with van der Waals surface area (Å²) in [6.45, 7) is 4.92. The third-order valence-corrected chi connectivity index (χ3v) is 2.85. The summed E-state index contributed by atoms with van der Waals surface area (Å²) in [7, 11) is 0. The van der Waals surface area contributed by atoms with Crippen molar-refractivity contribution in [2.24, 2.45) is 5.10 Å². The predicted molar refractivity (Wildman–Crippen MR) is 82.3 cm³/mol. The summed E-state index contributed by atoms with van der Waals surface area (Å²) < 4.78 is 0. The number of nitrogens with zero attached hydrogens (tertiary/aromatic N) is 1. The van der Waals surface area contributed by atoms with Gasteiger partial charge in [-0.05, 0) is 43.3 Å². The molecule has 0 aliphatic rings. The van der Waals surface area contributed by atoms with Gasteiger partial charge in [0.25, 0.3) is 0 Å². The van der Waals surface area contributed by atoms with Crippen molar-refractivity contribution in [1.82, 2.24) is 10.7 Å². The molecule has 1 rings (SSSR count). The van der Waals surface area contributed by atoms with E-state index in [1.165, 1.54) is 0 Å². The molecule has 0 unspecified atom stereocenters. The Morgan fingerprint density at radius 3 is 2.89 bits per heavy atom. The van der Waals surface area contributed by atoms with Crippen molar-refractivity contribution in [3.8, 4) is 0 Å².